The molecule has 5 rings (SSSR count). The summed E-state index contributed by atoms with van der Waals surface area (Å²) in [6.07, 6.45) is 1.39. The predicted molar refractivity (Wildman–Crippen MR) is 143 cm³/mol. The SMILES string of the molecule is O=c1c2ccccc2nc(-c2ccccc2)n1N=Cc1ccc(OCc2ccc(Cl)cc2)c([N+](=O)[O-])c1. The van der Waals surface area contributed by atoms with E-state index in [1.807, 2.05) is 36.4 Å². The molecule has 0 saturated heterocycles. The molecule has 9 heteroatoms. The zero-order valence-electron chi connectivity index (χ0n) is 19.3. The van der Waals surface area contributed by atoms with Gasteiger partial charge >= 0.3 is 5.69 Å². The van der Waals surface area contributed by atoms with E-state index >= 15 is 0 Å². The van der Waals surface area contributed by atoms with E-state index in [-0.39, 0.29) is 23.6 Å². The second-order valence-corrected chi connectivity index (χ2v) is 8.52. The van der Waals surface area contributed by atoms with E-state index in [4.69, 9.17) is 16.3 Å². The van der Waals surface area contributed by atoms with Crippen LogP contribution in [0.1, 0.15) is 11.1 Å². The van der Waals surface area contributed by atoms with E-state index in [1.165, 1.54) is 23.0 Å². The lowest BCUT2D eigenvalue weighted by Gasteiger charge is -2.10. The normalized spacial score (nSPS) is 11.2. The Morgan fingerprint density at radius 3 is 2.46 bits per heavy atom. The summed E-state index contributed by atoms with van der Waals surface area (Å²) in [6.45, 7) is 0.143. The average Bonchev–Trinajstić information content (AvgIpc) is 2.93. The number of nitrogens with zero attached hydrogens (tertiary/aromatic N) is 4. The number of ether oxygens (including phenoxy) is 1. The van der Waals surface area contributed by atoms with Gasteiger partial charge in [-0.1, -0.05) is 66.2 Å². The number of para-hydroxylation sites is 1. The lowest BCUT2D eigenvalue weighted by Crippen LogP contribution is -2.20. The number of aromatic nitrogens is 2. The lowest BCUT2D eigenvalue weighted by atomic mass is 10.2. The molecule has 37 heavy (non-hydrogen) atoms. The fourth-order valence-corrected chi connectivity index (χ4v) is 3.88. The van der Waals surface area contributed by atoms with Gasteiger partial charge in [-0.15, -0.1) is 0 Å². The topological polar surface area (TPSA) is 99.6 Å². The number of rotatable bonds is 7. The van der Waals surface area contributed by atoms with Crippen molar-refractivity contribution in [3.8, 4) is 17.1 Å². The molecule has 0 aliphatic heterocycles. The summed E-state index contributed by atoms with van der Waals surface area (Å²) in [6, 6.07) is 27.8. The first kappa shape index (κ1) is 23.9. The molecule has 0 unspecified atom stereocenters. The van der Waals surface area contributed by atoms with Crippen LogP contribution in [0.3, 0.4) is 0 Å². The highest BCUT2D eigenvalue weighted by atomic mass is 35.5. The van der Waals surface area contributed by atoms with Crippen molar-refractivity contribution < 1.29 is 9.66 Å². The number of benzene rings is 4. The highest BCUT2D eigenvalue weighted by Gasteiger charge is 2.17. The standard InChI is InChI=1S/C28H19ClN4O4/c29-22-13-10-19(11-14-22)18-37-26-15-12-20(16-25(26)33(35)36)17-30-32-27(21-6-2-1-3-7-21)31-24-9-5-4-8-23(24)28(32)34/h1-17H,18H2. The fourth-order valence-electron chi connectivity index (χ4n) is 3.75. The molecule has 0 radical (unpaired) electrons. The van der Waals surface area contributed by atoms with Gasteiger partial charge in [-0.25, -0.2) is 4.98 Å². The number of nitro groups is 1. The maximum Gasteiger partial charge on any atom is 0.311 e. The maximum absolute atomic E-state index is 13.3. The maximum atomic E-state index is 13.3. The molecule has 0 bridgehead atoms. The first-order chi connectivity index (χ1) is 18.0. The van der Waals surface area contributed by atoms with Crippen LogP contribution in [-0.4, -0.2) is 20.8 Å². The largest absolute Gasteiger partial charge is 0.482 e. The van der Waals surface area contributed by atoms with Gasteiger partial charge in [-0.05, 0) is 42.0 Å². The van der Waals surface area contributed by atoms with Crippen LogP contribution in [0.25, 0.3) is 22.3 Å². The smallest absolute Gasteiger partial charge is 0.311 e. The van der Waals surface area contributed by atoms with E-state index in [0.29, 0.717) is 32.9 Å². The Labute approximate surface area is 216 Å². The van der Waals surface area contributed by atoms with E-state index in [2.05, 4.69) is 10.1 Å². The zero-order valence-corrected chi connectivity index (χ0v) is 20.1. The number of hydrogen-bond donors (Lipinski definition) is 0. The fraction of sp³-hybridized carbons (Fsp3) is 0.0357. The van der Waals surface area contributed by atoms with Crippen molar-refractivity contribution in [2.75, 3.05) is 0 Å². The van der Waals surface area contributed by atoms with Crippen molar-refractivity contribution >= 4 is 34.4 Å². The van der Waals surface area contributed by atoms with Gasteiger partial charge in [0.2, 0.25) is 0 Å². The molecule has 0 aliphatic carbocycles. The molecule has 0 spiro atoms. The Bertz CT molecular complexity index is 1680. The van der Waals surface area contributed by atoms with E-state index in [1.54, 1.807) is 48.5 Å². The Morgan fingerprint density at radius 1 is 0.973 bits per heavy atom. The van der Waals surface area contributed by atoms with Gasteiger partial charge in [0.25, 0.3) is 5.56 Å². The Kier molecular flexibility index (Phi) is 6.74. The highest BCUT2D eigenvalue weighted by Crippen LogP contribution is 2.28. The van der Waals surface area contributed by atoms with E-state index in [0.717, 1.165) is 5.56 Å². The molecule has 0 N–H and O–H groups in total. The summed E-state index contributed by atoms with van der Waals surface area (Å²) in [5.41, 5.74) is 1.93. The summed E-state index contributed by atoms with van der Waals surface area (Å²) in [7, 11) is 0. The van der Waals surface area contributed by atoms with Gasteiger partial charge in [0.15, 0.2) is 11.6 Å². The van der Waals surface area contributed by atoms with Crippen molar-refractivity contribution in [2.24, 2.45) is 5.10 Å². The number of nitro benzene ring substituents is 1. The van der Waals surface area contributed by atoms with Gasteiger partial charge in [0.05, 0.1) is 22.0 Å². The second-order valence-electron chi connectivity index (χ2n) is 8.08. The Morgan fingerprint density at radius 2 is 1.70 bits per heavy atom. The molecule has 0 fully saturated rings. The van der Waals surface area contributed by atoms with Crippen LogP contribution in [0.15, 0.2) is 107 Å². The molecule has 8 nitrogen and oxygen atoms in total. The third-order valence-corrected chi connectivity index (χ3v) is 5.85. The monoisotopic (exact) mass is 510 g/mol. The van der Waals surface area contributed by atoms with Gasteiger partial charge < -0.3 is 4.74 Å². The minimum Gasteiger partial charge on any atom is -0.482 e. The minimum atomic E-state index is -0.520. The van der Waals surface area contributed by atoms with E-state index in [9.17, 15) is 14.9 Å². The molecule has 182 valence electrons. The van der Waals surface area contributed by atoms with Gasteiger partial charge in [-0.3, -0.25) is 14.9 Å². The molecule has 0 atom stereocenters. The third kappa shape index (κ3) is 5.24. The molecule has 1 heterocycles. The minimum absolute atomic E-state index is 0.117. The predicted octanol–water partition coefficient (Wildman–Crippen LogP) is 6.09. The van der Waals surface area contributed by atoms with Crippen LogP contribution in [0.4, 0.5) is 5.69 Å². The average molecular weight is 511 g/mol. The first-order valence-corrected chi connectivity index (χ1v) is 11.6. The van der Waals surface area contributed by atoms with Crippen LogP contribution in [0.5, 0.6) is 5.75 Å². The second kappa shape index (κ2) is 10.4. The number of hydrogen-bond acceptors (Lipinski definition) is 6. The van der Waals surface area contributed by atoms with Crippen LogP contribution < -0.4 is 10.3 Å². The molecule has 0 amide bonds. The summed E-state index contributed by atoms with van der Waals surface area (Å²) < 4.78 is 6.89. The zero-order chi connectivity index (χ0) is 25.8. The highest BCUT2D eigenvalue weighted by molar-refractivity contribution is 6.30. The Hall–Kier alpha value is -4.82. The summed E-state index contributed by atoms with van der Waals surface area (Å²) in [5, 5.41) is 17.1. The van der Waals surface area contributed by atoms with Crippen molar-refractivity contribution in [2.45, 2.75) is 6.61 Å². The summed E-state index contributed by atoms with van der Waals surface area (Å²) in [4.78, 5) is 29.2. The van der Waals surface area contributed by atoms with Crippen molar-refractivity contribution in [1.29, 1.82) is 0 Å². The first-order valence-electron chi connectivity index (χ1n) is 11.3. The third-order valence-electron chi connectivity index (χ3n) is 5.60. The summed E-state index contributed by atoms with van der Waals surface area (Å²) >= 11 is 5.90. The Balaban J connectivity index is 1.50. The van der Waals surface area contributed by atoms with Crippen molar-refractivity contribution in [3.63, 3.8) is 0 Å². The molecule has 0 saturated carbocycles. The summed E-state index contributed by atoms with van der Waals surface area (Å²) in [5.74, 6) is 0.476. The van der Waals surface area contributed by atoms with Gasteiger partial charge in [-0.2, -0.15) is 9.78 Å². The van der Waals surface area contributed by atoms with Crippen LogP contribution in [-0.2, 0) is 6.61 Å². The van der Waals surface area contributed by atoms with Crippen LogP contribution in [0.2, 0.25) is 5.02 Å². The molecular formula is C28H19ClN4O4. The van der Waals surface area contributed by atoms with Crippen LogP contribution in [0, 0.1) is 10.1 Å². The molecule has 5 aromatic rings. The molecule has 4 aromatic carbocycles. The molecular weight excluding hydrogens is 492 g/mol. The number of halogens is 1. The van der Waals surface area contributed by atoms with Crippen molar-refractivity contribution in [1.82, 2.24) is 9.66 Å². The lowest BCUT2D eigenvalue weighted by molar-refractivity contribution is -0.385. The van der Waals surface area contributed by atoms with E-state index < -0.39 is 4.92 Å². The molecule has 1 aromatic heterocycles. The van der Waals surface area contributed by atoms with Gasteiger partial charge in [0.1, 0.15) is 6.61 Å². The van der Waals surface area contributed by atoms with Crippen molar-refractivity contribution in [3.05, 3.63) is 134 Å². The van der Waals surface area contributed by atoms with Gasteiger partial charge in [0, 0.05) is 22.2 Å². The number of fused-ring (bicyclic) bond motifs is 1. The quantitative estimate of drug-likeness (QED) is 0.150. The van der Waals surface area contributed by atoms with Crippen LogP contribution >= 0.6 is 11.6 Å². The molecule has 0 aliphatic rings.